The number of esters is 1. The zero-order chi connectivity index (χ0) is 10.6. The quantitative estimate of drug-likeness (QED) is 0.667. The highest BCUT2D eigenvalue weighted by Gasteiger charge is 2.10. The van der Waals surface area contributed by atoms with Crippen molar-refractivity contribution in [3.63, 3.8) is 0 Å². The molecule has 1 aromatic rings. The lowest BCUT2D eigenvalue weighted by molar-refractivity contribution is -0.144. The number of rotatable bonds is 4. The summed E-state index contributed by atoms with van der Waals surface area (Å²) in [6.07, 6.45) is 0.828. The number of aryl methyl sites for hydroxylation is 1. The standard InChI is InChI=1S/C9H15N3O2/c1-4-8-7(3)12(11-10-8)6-9(13)14-5-2/h4-6H2,1-3H3. The van der Waals surface area contributed by atoms with Gasteiger partial charge >= 0.3 is 5.97 Å². The summed E-state index contributed by atoms with van der Waals surface area (Å²) in [5.41, 5.74) is 1.86. The van der Waals surface area contributed by atoms with E-state index in [9.17, 15) is 4.79 Å². The molecule has 1 rings (SSSR count). The molecule has 0 bridgehead atoms. The Bertz CT molecular complexity index is 320. The first-order valence-corrected chi connectivity index (χ1v) is 4.73. The van der Waals surface area contributed by atoms with Crippen LogP contribution >= 0.6 is 0 Å². The zero-order valence-corrected chi connectivity index (χ0v) is 8.78. The van der Waals surface area contributed by atoms with Crippen molar-refractivity contribution in [2.75, 3.05) is 6.61 Å². The van der Waals surface area contributed by atoms with E-state index in [1.165, 1.54) is 0 Å². The number of carbonyl (C=O) groups excluding carboxylic acids is 1. The Labute approximate surface area is 83.1 Å². The van der Waals surface area contributed by atoms with E-state index in [0.717, 1.165) is 17.8 Å². The van der Waals surface area contributed by atoms with E-state index in [4.69, 9.17) is 4.74 Å². The lowest BCUT2D eigenvalue weighted by atomic mass is 10.3. The van der Waals surface area contributed by atoms with Gasteiger partial charge in [0.25, 0.3) is 0 Å². The largest absolute Gasteiger partial charge is 0.465 e. The van der Waals surface area contributed by atoms with Gasteiger partial charge in [-0.3, -0.25) is 4.79 Å². The molecule has 0 amide bonds. The molecule has 1 aromatic heterocycles. The first-order chi connectivity index (χ1) is 6.69. The Morgan fingerprint density at radius 1 is 1.50 bits per heavy atom. The number of nitrogens with zero attached hydrogens (tertiary/aromatic N) is 3. The maximum Gasteiger partial charge on any atom is 0.327 e. The summed E-state index contributed by atoms with van der Waals surface area (Å²) >= 11 is 0. The third kappa shape index (κ3) is 2.31. The second-order valence-corrected chi connectivity index (χ2v) is 2.94. The molecule has 0 aliphatic carbocycles. The molecule has 78 valence electrons. The van der Waals surface area contributed by atoms with Crippen LogP contribution in [0.4, 0.5) is 0 Å². The molecule has 0 aliphatic heterocycles. The highest BCUT2D eigenvalue weighted by Crippen LogP contribution is 2.03. The van der Waals surface area contributed by atoms with E-state index in [-0.39, 0.29) is 12.5 Å². The monoisotopic (exact) mass is 197 g/mol. The van der Waals surface area contributed by atoms with E-state index in [1.54, 1.807) is 11.6 Å². The topological polar surface area (TPSA) is 57.0 Å². The fraction of sp³-hybridized carbons (Fsp3) is 0.667. The van der Waals surface area contributed by atoms with Crippen LogP contribution in [0.25, 0.3) is 0 Å². The third-order valence-electron chi connectivity index (χ3n) is 2.00. The van der Waals surface area contributed by atoms with E-state index in [1.807, 2.05) is 13.8 Å². The molecule has 5 heteroatoms. The van der Waals surface area contributed by atoms with Crippen LogP contribution in [-0.2, 0) is 22.5 Å². The molecule has 5 nitrogen and oxygen atoms in total. The molecule has 0 N–H and O–H groups in total. The average Bonchev–Trinajstić information content (AvgIpc) is 2.48. The van der Waals surface area contributed by atoms with Crippen LogP contribution in [0.15, 0.2) is 0 Å². The van der Waals surface area contributed by atoms with Gasteiger partial charge in [-0.15, -0.1) is 5.10 Å². The van der Waals surface area contributed by atoms with Crippen molar-refractivity contribution in [2.24, 2.45) is 0 Å². The Kier molecular flexibility index (Phi) is 3.62. The number of hydrogen-bond donors (Lipinski definition) is 0. The number of hydrogen-bond acceptors (Lipinski definition) is 4. The molecular weight excluding hydrogens is 182 g/mol. The highest BCUT2D eigenvalue weighted by molar-refractivity contribution is 5.69. The maximum absolute atomic E-state index is 11.2. The van der Waals surface area contributed by atoms with Gasteiger partial charge in [0, 0.05) is 0 Å². The third-order valence-corrected chi connectivity index (χ3v) is 2.00. The smallest absolute Gasteiger partial charge is 0.327 e. The second kappa shape index (κ2) is 4.74. The van der Waals surface area contributed by atoms with Crippen molar-refractivity contribution in [1.29, 1.82) is 0 Å². The van der Waals surface area contributed by atoms with Crippen LogP contribution in [0.3, 0.4) is 0 Å². The Balaban J connectivity index is 2.67. The van der Waals surface area contributed by atoms with E-state index in [2.05, 4.69) is 10.3 Å². The number of aromatic nitrogens is 3. The summed E-state index contributed by atoms with van der Waals surface area (Å²) < 4.78 is 6.38. The van der Waals surface area contributed by atoms with Crippen LogP contribution in [0.2, 0.25) is 0 Å². The molecule has 0 spiro atoms. The first-order valence-electron chi connectivity index (χ1n) is 4.73. The van der Waals surface area contributed by atoms with E-state index < -0.39 is 0 Å². The number of carbonyl (C=O) groups is 1. The van der Waals surface area contributed by atoms with Crippen molar-refractivity contribution in [3.8, 4) is 0 Å². The first kappa shape index (κ1) is 10.7. The van der Waals surface area contributed by atoms with Crippen molar-refractivity contribution in [2.45, 2.75) is 33.7 Å². The van der Waals surface area contributed by atoms with Crippen LogP contribution in [-0.4, -0.2) is 27.6 Å². The molecule has 14 heavy (non-hydrogen) atoms. The zero-order valence-electron chi connectivity index (χ0n) is 8.78. The minimum absolute atomic E-state index is 0.146. The van der Waals surface area contributed by atoms with Crippen LogP contribution < -0.4 is 0 Å². The van der Waals surface area contributed by atoms with Gasteiger partial charge in [-0.1, -0.05) is 12.1 Å². The van der Waals surface area contributed by atoms with Crippen molar-refractivity contribution in [1.82, 2.24) is 15.0 Å². The van der Waals surface area contributed by atoms with Gasteiger partial charge < -0.3 is 4.74 Å². The summed E-state index contributed by atoms with van der Waals surface area (Å²) in [4.78, 5) is 11.2. The van der Waals surface area contributed by atoms with Gasteiger partial charge in [0.1, 0.15) is 6.54 Å². The van der Waals surface area contributed by atoms with Crippen LogP contribution in [0, 0.1) is 6.92 Å². The van der Waals surface area contributed by atoms with Gasteiger partial charge in [0.2, 0.25) is 0 Å². The molecular formula is C9H15N3O2. The molecule has 0 fully saturated rings. The Morgan fingerprint density at radius 3 is 2.71 bits per heavy atom. The SMILES string of the molecule is CCOC(=O)Cn1nnc(CC)c1C. The molecule has 0 aromatic carbocycles. The lowest BCUT2D eigenvalue weighted by Crippen LogP contribution is -2.15. The second-order valence-electron chi connectivity index (χ2n) is 2.94. The minimum atomic E-state index is -0.275. The molecule has 0 radical (unpaired) electrons. The molecule has 0 saturated carbocycles. The predicted octanol–water partition coefficient (Wildman–Crippen LogP) is 0.712. The Hall–Kier alpha value is -1.39. The van der Waals surface area contributed by atoms with Gasteiger partial charge in [-0.2, -0.15) is 0 Å². The fourth-order valence-corrected chi connectivity index (χ4v) is 1.20. The van der Waals surface area contributed by atoms with E-state index >= 15 is 0 Å². The molecule has 0 saturated heterocycles. The Morgan fingerprint density at radius 2 is 2.21 bits per heavy atom. The van der Waals surface area contributed by atoms with Crippen molar-refractivity contribution < 1.29 is 9.53 Å². The lowest BCUT2D eigenvalue weighted by Gasteiger charge is -2.02. The maximum atomic E-state index is 11.2. The summed E-state index contributed by atoms with van der Waals surface area (Å²) in [5.74, 6) is -0.275. The molecule has 1 heterocycles. The van der Waals surface area contributed by atoms with Crippen LogP contribution in [0.1, 0.15) is 25.2 Å². The van der Waals surface area contributed by atoms with Gasteiger partial charge in [-0.25, -0.2) is 4.68 Å². The van der Waals surface area contributed by atoms with Crippen LogP contribution in [0.5, 0.6) is 0 Å². The summed E-state index contributed by atoms with van der Waals surface area (Å²) in [5, 5.41) is 7.83. The average molecular weight is 197 g/mol. The molecule has 0 unspecified atom stereocenters. The normalized spacial score (nSPS) is 10.2. The van der Waals surface area contributed by atoms with Crippen molar-refractivity contribution >= 4 is 5.97 Å². The van der Waals surface area contributed by atoms with Crippen molar-refractivity contribution in [3.05, 3.63) is 11.4 Å². The van der Waals surface area contributed by atoms with Gasteiger partial charge in [-0.05, 0) is 20.3 Å². The molecule has 0 aliphatic rings. The number of ether oxygens (including phenoxy) is 1. The predicted molar refractivity (Wildman–Crippen MR) is 50.8 cm³/mol. The van der Waals surface area contributed by atoms with Gasteiger partial charge in [0.05, 0.1) is 18.0 Å². The molecule has 0 atom stereocenters. The fourth-order valence-electron chi connectivity index (χ4n) is 1.20. The van der Waals surface area contributed by atoms with E-state index in [0.29, 0.717) is 6.61 Å². The summed E-state index contributed by atoms with van der Waals surface area (Å²) in [6.45, 7) is 6.23. The minimum Gasteiger partial charge on any atom is -0.465 e. The summed E-state index contributed by atoms with van der Waals surface area (Å²) in [7, 11) is 0. The highest BCUT2D eigenvalue weighted by atomic mass is 16.5. The van der Waals surface area contributed by atoms with Gasteiger partial charge in [0.15, 0.2) is 0 Å². The summed E-state index contributed by atoms with van der Waals surface area (Å²) in [6, 6.07) is 0.